The first kappa shape index (κ1) is 22.0. The molecular formula is C23H29FN6O2. The highest BCUT2D eigenvalue weighted by molar-refractivity contribution is 5.96. The van der Waals surface area contributed by atoms with Crippen LogP contribution in [0.25, 0.3) is 0 Å². The second-order valence-electron chi connectivity index (χ2n) is 8.70. The smallest absolute Gasteiger partial charge is 0.255 e. The highest BCUT2D eigenvalue weighted by Gasteiger charge is 2.32. The van der Waals surface area contributed by atoms with Crippen LogP contribution >= 0.6 is 0 Å². The molecule has 8 nitrogen and oxygen atoms in total. The van der Waals surface area contributed by atoms with E-state index in [9.17, 15) is 14.0 Å². The lowest BCUT2D eigenvalue weighted by Crippen LogP contribution is -2.43. The van der Waals surface area contributed by atoms with E-state index in [0.29, 0.717) is 43.5 Å². The van der Waals surface area contributed by atoms with E-state index >= 15 is 0 Å². The number of aromatic nitrogens is 2. The summed E-state index contributed by atoms with van der Waals surface area (Å²) in [5, 5.41) is 0. The summed E-state index contributed by atoms with van der Waals surface area (Å²) in [7, 11) is 3.63. The van der Waals surface area contributed by atoms with E-state index in [1.165, 1.54) is 11.5 Å². The topological polar surface area (TPSA) is 74.0 Å². The number of carbonyl (C=O) groups excluding carboxylic acids is 2. The van der Waals surface area contributed by atoms with Crippen molar-refractivity contribution >= 4 is 29.0 Å². The third kappa shape index (κ3) is 4.11. The number of rotatable bonds is 2. The van der Waals surface area contributed by atoms with E-state index in [0.717, 1.165) is 23.7 Å². The zero-order valence-corrected chi connectivity index (χ0v) is 19.0. The summed E-state index contributed by atoms with van der Waals surface area (Å²) >= 11 is 0. The van der Waals surface area contributed by atoms with Crippen LogP contribution in [-0.2, 0) is 0 Å². The Morgan fingerprint density at radius 3 is 2.53 bits per heavy atom. The molecule has 1 saturated heterocycles. The highest BCUT2D eigenvalue weighted by atomic mass is 19.1. The number of pyridine rings is 2. The molecule has 1 amide bonds. The fraction of sp³-hybridized carbons (Fsp3) is 0.478. The monoisotopic (exact) mass is 440 g/mol. The fourth-order valence-corrected chi connectivity index (χ4v) is 4.22. The zero-order valence-electron chi connectivity index (χ0n) is 19.0. The van der Waals surface area contributed by atoms with Crippen molar-refractivity contribution in [3.05, 3.63) is 41.6 Å². The lowest BCUT2D eigenvalue weighted by Gasteiger charge is -2.37. The predicted molar refractivity (Wildman–Crippen MR) is 121 cm³/mol. The molecule has 4 heterocycles. The van der Waals surface area contributed by atoms with Gasteiger partial charge in [0.25, 0.3) is 5.91 Å². The van der Waals surface area contributed by atoms with Crippen molar-refractivity contribution in [2.45, 2.75) is 32.4 Å². The average Bonchev–Trinajstić information content (AvgIpc) is 2.78. The molecule has 0 radical (unpaired) electrons. The van der Waals surface area contributed by atoms with E-state index in [4.69, 9.17) is 0 Å². The van der Waals surface area contributed by atoms with Gasteiger partial charge in [-0.1, -0.05) is 0 Å². The summed E-state index contributed by atoms with van der Waals surface area (Å²) < 4.78 is 15.6. The van der Waals surface area contributed by atoms with E-state index in [2.05, 4.69) is 19.8 Å². The van der Waals surface area contributed by atoms with Crippen LogP contribution in [0.2, 0.25) is 0 Å². The first-order chi connectivity index (χ1) is 15.2. The molecule has 0 bridgehead atoms. The van der Waals surface area contributed by atoms with Crippen molar-refractivity contribution in [1.29, 1.82) is 0 Å². The number of amides is 1. The fourth-order valence-electron chi connectivity index (χ4n) is 4.22. The number of hydrogen-bond acceptors (Lipinski definition) is 6. The Kier molecular flexibility index (Phi) is 5.75. The van der Waals surface area contributed by atoms with Gasteiger partial charge in [0.1, 0.15) is 11.2 Å². The number of carbonyl (C=O) groups is 2. The molecule has 0 spiro atoms. The van der Waals surface area contributed by atoms with E-state index in [1.54, 1.807) is 31.3 Å². The molecule has 0 unspecified atom stereocenters. The number of nitrogens with zero attached hydrogens (tertiary/aromatic N) is 6. The molecule has 0 atom stereocenters. The van der Waals surface area contributed by atoms with E-state index in [1.807, 2.05) is 25.2 Å². The molecule has 170 valence electrons. The minimum absolute atomic E-state index is 0.108. The lowest BCUT2D eigenvalue weighted by atomic mass is 9.95. The van der Waals surface area contributed by atoms with Crippen molar-refractivity contribution in [3.8, 4) is 0 Å². The van der Waals surface area contributed by atoms with Crippen LogP contribution in [-0.4, -0.2) is 72.2 Å². The van der Waals surface area contributed by atoms with E-state index < -0.39 is 5.67 Å². The van der Waals surface area contributed by atoms with Gasteiger partial charge in [0.15, 0.2) is 5.82 Å². The minimum Gasteiger partial charge on any atom is -0.370 e. The summed E-state index contributed by atoms with van der Waals surface area (Å²) in [4.78, 5) is 39.6. The van der Waals surface area contributed by atoms with Gasteiger partial charge in [-0.3, -0.25) is 19.1 Å². The zero-order chi connectivity index (χ0) is 23.0. The molecule has 0 saturated carbocycles. The molecule has 1 fully saturated rings. The Bertz CT molecular complexity index is 1120. The summed E-state index contributed by atoms with van der Waals surface area (Å²) in [5.74, 6) is 0.520. The normalized spacial score (nSPS) is 18.5. The highest BCUT2D eigenvalue weighted by Crippen LogP contribution is 2.36. The van der Waals surface area contributed by atoms with E-state index in [-0.39, 0.29) is 11.8 Å². The van der Waals surface area contributed by atoms with Crippen LogP contribution in [0.3, 0.4) is 0 Å². The van der Waals surface area contributed by atoms with Crippen LogP contribution in [0.15, 0.2) is 35.6 Å². The summed E-state index contributed by atoms with van der Waals surface area (Å²) in [6.07, 6.45) is 4.01. The van der Waals surface area contributed by atoms with Gasteiger partial charge in [0.05, 0.1) is 11.3 Å². The number of likely N-dealkylation sites (N-methyl/N-ethyl adjacent to an activating group) is 1. The van der Waals surface area contributed by atoms with Crippen molar-refractivity contribution in [1.82, 2.24) is 14.5 Å². The van der Waals surface area contributed by atoms with Gasteiger partial charge in [-0.05, 0) is 31.9 Å². The first-order valence-corrected chi connectivity index (χ1v) is 10.8. The maximum atomic E-state index is 14.1. The molecule has 32 heavy (non-hydrogen) atoms. The van der Waals surface area contributed by atoms with Gasteiger partial charge < -0.3 is 14.7 Å². The minimum atomic E-state index is -1.20. The van der Waals surface area contributed by atoms with Crippen LogP contribution < -0.4 is 15.3 Å². The molecule has 2 aromatic rings. The largest absolute Gasteiger partial charge is 0.370 e. The quantitative estimate of drug-likeness (QED) is 0.718. The SMILES string of the molecule is C/N=c1/cc(N2CCN(C)c3cc(C(=O)N4CCC(C)(F)CC4)cnc32)ccn1C(C)=O. The molecule has 9 heteroatoms. The Morgan fingerprint density at radius 2 is 1.88 bits per heavy atom. The predicted octanol–water partition coefficient (Wildman–Crippen LogP) is 2.63. The second-order valence-corrected chi connectivity index (χ2v) is 8.70. The van der Waals surface area contributed by atoms with Crippen molar-refractivity contribution in [2.24, 2.45) is 4.99 Å². The maximum Gasteiger partial charge on any atom is 0.255 e. The maximum absolute atomic E-state index is 14.1. The van der Waals surface area contributed by atoms with Crippen LogP contribution in [0.5, 0.6) is 0 Å². The molecule has 2 aliphatic rings. The van der Waals surface area contributed by atoms with Gasteiger partial charge in [-0.25, -0.2) is 9.37 Å². The summed E-state index contributed by atoms with van der Waals surface area (Å²) in [6.45, 7) is 5.37. The first-order valence-electron chi connectivity index (χ1n) is 10.8. The summed E-state index contributed by atoms with van der Waals surface area (Å²) in [6, 6.07) is 5.59. The molecule has 2 aliphatic heterocycles. The molecule has 0 N–H and O–H groups in total. The Hall–Kier alpha value is -3.23. The van der Waals surface area contributed by atoms with Gasteiger partial charge >= 0.3 is 0 Å². The standard InChI is InChI=1S/C23H29FN6O2/c1-16(31)29-8-5-18(14-20(29)25-3)30-12-11-27(4)19-13-17(15-26-21(19)30)22(32)28-9-6-23(2,24)7-10-28/h5,8,13-15H,6-7,9-12H2,1-4H3/b25-20-. The molecule has 0 aromatic carbocycles. The number of anilines is 3. The third-order valence-electron chi connectivity index (χ3n) is 6.31. The third-order valence-corrected chi connectivity index (χ3v) is 6.31. The average molecular weight is 441 g/mol. The van der Waals surface area contributed by atoms with Crippen molar-refractivity contribution in [3.63, 3.8) is 0 Å². The van der Waals surface area contributed by atoms with Crippen molar-refractivity contribution in [2.75, 3.05) is 50.1 Å². The van der Waals surface area contributed by atoms with Crippen LogP contribution in [0, 0.1) is 0 Å². The van der Waals surface area contributed by atoms with Gasteiger partial charge in [-0.15, -0.1) is 0 Å². The Balaban J connectivity index is 1.65. The lowest BCUT2D eigenvalue weighted by molar-refractivity contribution is 0.0503. The molecule has 2 aromatic heterocycles. The number of fused-ring (bicyclic) bond motifs is 1. The number of likely N-dealkylation sites (tertiary alicyclic amines) is 1. The number of piperidine rings is 1. The molecule has 0 aliphatic carbocycles. The number of hydrogen-bond donors (Lipinski definition) is 0. The Labute approximate surface area is 187 Å². The number of halogens is 1. The van der Waals surface area contributed by atoms with Crippen LogP contribution in [0.1, 0.15) is 41.8 Å². The summed E-state index contributed by atoms with van der Waals surface area (Å²) in [5.41, 5.74) is 1.60. The van der Waals surface area contributed by atoms with Gasteiger partial charge in [0.2, 0.25) is 5.91 Å². The molecule has 4 rings (SSSR count). The molecular weight excluding hydrogens is 411 g/mol. The number of alkyl halides is 1. The second kappa shape index (κ2) is 8.37. The van der Waals surface area contributed by atoms with Crippen LogP contribution in [0.4, 0.5) is 21.6 Å². The van der Waals surface area contributed by atoms with Gasteiger partial charge in [-0.2, -0.15) is 0 Å². The Morgan fingerprint density at radius 1 is 1.16 bits per heavy atom. The van der Waals surface area contributed by atoms with Crippen molar-refractivity contribution < 1.29 is 14.0 Å². The van der Waals surface area contributed by atoms with Gasteiger partial charge in [0, 0.05) is 71.3 Å².